The molecular weight excluding hydrogens is 228 g/mol. The average Bonchev–Trinajstić information content (AvgIpc) is 2.60. The van der Waals surface area contributed by atoms with Crippen molar-refractivity contribution in [3.8, 4) is 0 Å². The Morgan fingerprint density at radius 3 is 2.56 bits per heavy atom. The molecule has 0 bridgehead atoms. The number of rotatable bonds is 4. The van der Waals surface area contributed by atoms with Crippen LogP contribution in [0.5, 0.6) is 0 Å². The quantitative estimate of drug-likeness (QED) is 0.834. The van der Waals surface area contributed by atoms with Crippen LogP contribution < -0.4 is 5.73 Å². The van der Waals surface area contributed by atoms with E-state index in [2.05, 4.69) is 20.8 Å². The van der Waals surface area contributed by atoms with Crippen molar-refractivity contribution in [1.82, 2.24) is 4.90 Å². The second-order valence-electron chi connectivity index (χ2n) is 6.67. The van der Waals surface area contributed by atoms with Gasteiger partial charge in [-0.05, 0) is 25.2 Å². The second kappa shape index (κ2) is 6.02. The summed E-state index contributed by atoms with van der Waals surface area (Å²) in [6.07, 6.45) is 2.36. The summed E-state index contributed by atoms with van der Waals surface area (Å²) in [7, 11) is 1.86. The van der Waals surface area contributed by atoms with Gasteiger partial charge in [0.15, 0.2) is 0 Å². The SMILES string of the molecule is CC1OCCC1N(C)C(=O)CC(N)CC(C)(C)C. The summed E-state index contributed by atoms with van der Waals surface area (Å²) in [6.45, 7) is 9.21. The van der Waals surface area contributed by atoms with E-state index in [1.807, 2.05) is 18.9 Å². The van der Waals surface area contributed by atoms with Crippen molar-refractivity contribution in [2.75, 3.05) is 13.7 Å². The molecule has 4 nitrogen and oxygen atoms in total. The zero-order chi connectivity index (χ0) is 13.9. The molecule has 0 saturated carbocycles. The summed E-state index contributed by atoms with van der Waals surface area (Å²) in [6, 6.07) is 0.150. The van der Waals surface area contributed by atoms with Gasteiger partial charge in [0.1, 0.15) is 0 Å². The predicted molar refractivity (Wildman–Crippen MR) is 73.3 cm³/mol. The number of hydrogen-bond acceptors (Lipinski definition) is 3. The highest BCUT2D eigenvalue weighted by molar-refractivity contribution is 5.77. The van der Waals surface area contributed by atoms with Crippen molar-refractivity contribution >= 4 is 5.91 Å². The third-order valence-corrected chi connectivity index (χ3v) is 3.54. The number of hydrogen-bond donors (Lipinski definition) is 1. The molecule has 0 spiro atoms. The first-order valence-corrected chi connectivity index (χ1v) is 6.83. The lowest BCUT2D eigenvalue weighted by atomic mass is 9.87. The highest BCUT2D eigenvalue weighted by Crippen LogP contribution is 2.23. The van der Waals surface area contributed by atoms with Crippen LogP contribution in [-0.2, 0) is 9.53 Å². The number of carbonyl (C=O) groups is 1. The van der Waals surface area contributed by atoms with Gasteiger partial charge in [-0.1, -0.05) is 20.8 Å². The molecule has 1 rings (SSSR count). The molecule has 1 saturated heterocycles. The third kappa shape index (κ3) is 4.58. The molecule has 18 heavy (non-hydrogen) atoms. The summed E-state index contributed by atoms with van der Waals surface area (Å²) >= 11 is 0. The standard InChI is InChI=1S/C14H28N2O2/c1-10-12(6-7-18-10)16(5)13(17)8-11(15)9-14(2,3)4/h10-12H,6-9,15H2,1-5H3. The Morgan fingerprint density at radius 1 is 1.50 bits per heavy atom. The molecular formula is C14H28N2O2. The fraction of sp³-hybridized carbons (Fsp3) is 0.929. The molecule has 0 aromatic rings. The van der Waals surface area contributed by atoms with E-state index < -0.39 is 0 Å². The lowest BCUT2D eigenvalue weighted by molar-refractivity contribution is -0.133. The highest BCUT2D eigenvalue weighted by Gasteiger charge is 2.31. The van der Waals surface area contributed by atoms with Gasteiger partial charge in [0.05, 0.1) is 12.1 Å². The number of ether oxygens (including phenoxy) is 1. The normalized spacial score (nSPS) is 26.1. The topological polar surface area (TPSA) is 55.6 Å². The molecule has 1 aliphatic heterocycles. The van der Waals surface area contributed by atoms with Crippen LogP contribution in [-0.4, -0.2) is 42.6 Å². The molecule has 0 aliphatic carbocycles. The molecule has 1 amide bonds. The Balaban J connectivity index is 2.44. The van der Waals surface area contributed by atoms with Crippen molar-refractivity contribution in [3.05, 3.63) is 0 Å². The molecule has 3 unspecified atom stereocenters. The van der Waals surface area contributed by atoms with E-state index in [1.165, 1.54) is 0 Å². The highest BCUT2D eigenvalue weighted by atomic mass is 16.5. The Morgan fingerprint density at radius 2 is 2.11 bits per heavy atom. The fourth-order valence-electron chi connectivity index (χ4n) is 2.64. The van der Waals surface area contributed by atoms with E-state index in [0.717, 1.165) is 19.4 Å². The molecule has 0 radical (unpaired) electrons. The van der Waals surface area contributed by atoms with E-state index in [1.54, 1.807) is 0 Å². The van der Waals surface area contributed by atoms with Gasteiger partial charge in [0, 0.05) is 26.1 Å². The molecule has 1 aliphatic rings. The van der Waals surface area contributed by atoms with Crippen LogP contribution in [0.2, 0.25) is 0 Å². The van der Waals surface area contributed by atoms with Crippen LogP contribution in [0.1, 0.15) is 47.0 Å². The fourth-order valence-corrected chi connectivity index (χ4v) is 2.64. The van der Waals surface area contributed by atoms with Crippen LogP contribution in [0, 0.1) is 5.41 Å². The van der Waals surface area contributed by atoms with E-state index in [0.29, 0.717) is 6.42 Å². The lowest BCUT2D eigenvalue weighted by Crippen LogP contribution is -2.43. The van der Waals surface area contributed by atoms with Crippen molar-refractivity contribution in [3.63, 3.8) is 0 Å². The number of nitrogens with two attached hydrogens (primary N) is 1. The van der Waals surface area contributed by atoms with Crippen molar-refractivity contribution < 1.29 is 9.53 Å². The minimum atomic E-state index is -0.0578. The summed E-state index contributed by atoms with van der Waals surface area (Å²) in [4.78, 5) is 14.0. The number of nitrogens with zero attached hydrogens (tertiary/aromatic N) is 1. The molecule has 3 atom stereocenters. The van der Waals surface area contributed by atoms with Crippen molar-refractivity contribution in [2.24, 2.45) is 11.1 Å². The van der Waals surface area contributed by atoms with Gasteiger partial charge in [0.2, 0.25) is 5.91 Å². The minimum absolute atomic E-state index is 0.0578. The van der Waals surface area contributed by atoms with Crippen LogP contribution in [0.4, 0.5) is 0 Å². The molecule has 1 fully saturated rings. The maximum absolute atomic E-state index is 12.2. The monoisotopic (exact) mass is 256 g/mol. The third-order valence-electron chi connectivity index (χ3n) is 3.54. The van der Waals surface area contributed by atoms with Crippen LogP contribution >= 0.6 is 0 Å². The molecule has 0 aromatic carbocycles. The summed E-state index contributed by atoms with van der Waals surface area (Å²) < 4.78 is 5.50. The van der Waals surface area contributed by atoms with Crippen LogP contribution in [0.3, 0.4) is 0 Å². The van der Waals surface area contributed by atoms with E-state index in [-0.39, 0.29) is 29.5 Å². The Bertz CT molecular complexity index is 286. The maximum atomic E-state index is 12.2. The first-order valence-electron chi connectivity index (χ1n) is 6.83. The van der Waals surface area contributed by atoms with Gasteiger partial charge < -0.3 is 15.4 Å². The number of amides is 1. The first kappa shape index (κ1) is 15.4. The average molecular weight is 256 g/mol. The Hall–Kier alpha value is -0.610. The minimum Gasteiger partial charge on any atom is -0.376 e. The van der Waals surface area contributed by atoms with Crippen LogP contribution in [0.15, 0.2) is 0 Å². The largest absolute Gasteiger partial charge is 0.376 e. The predicted octanol–water partition coefficient (Wildman–Crippen LogP) is 1.78. The van der Waals surface area contributed by atoms with Gasteiger partial charge in [-0.3, -0.25) is 4.79 Å². The smallest absolute Gasteiger partial charge is 0.224 e. The molecule has 2 N–H and O–H groups in total. The zero-order valence-electron chi connectivity index (χ0n) is 12.4. The first-order chi connectivity index (χ1) is 8.20. The van der Waals surface area contributed by atoms with E-state index in [9.17, 15) is 4.79 Å². The van der Waals surface area contributed by atoms with Crippen molar-refractivity contribution in [1.29, 1.82) is 0 Å². The molecule has 4 heteroatoms. The second-order valence-corrected chi connectivity index (χ2v) is 6.67. The van der Waals surface area contributed by atoms with Gasteiger partial charge in [-0.2, -0.15) is 0 Å². The summed E-state index contributed by atoms with van der Waals surface area (Å²) in [5, 5.41) is 0. The number of likely N-dealkylation sites (N-methyl/N-ethyl adjacent to an activating group) is 1. The van der Waals surface area contributed by atoms with Gasteiger partial charge in [-0.15, -0.1) is 0 Å². The Labute approximate surface area is 111 Å². The summed E-state index contributed by atoms with van der Waals surface area (Å²) in [5.74, 6) is 0.133. The zero-order valence-corrected chi connectivity index (χ0v) is 12.4. The van der Waals surface area contributed by atoms with Crippen molar-refractivity contribution in [2.45, 2.75) is 65.1 Å². The van der Waals surface area contributed by atoms with Crippen LogP contribution in [0.25, 0.3) is 0 Å². The van der Waals surface area contributed by atoms with E-state index >= 15 is 0 Å². The van der Waals surface area contributed by atoms with Gasteiger partial charge in [0.25, 0.3) is 0 Å². The molecule has 0 aromatic heterocycles. The van der Waals surface area contributed by atoms with Gasteiger partial charge in [-0.25, -0.2) is 0 Å². The Kier molecular flexibility index (Phi) is 5.17. The molecule has 106 valence electrons. The van der Waals surface area contributed by atoms with E-state index in [4.69, 9.17) is 10.5 Å². The van der Waals surface area contributed by atoms with Gasteiger partial charge >= 0.3 is 0 Å². The maximum Gasteiger partial charge on any atom is 0.224 e. The lowest BCUT2D eigenvalue weighted by Gasteiger charge is -2.29. The molecule has 1 heterocycles. The summed E-state index contributed by atoms with van der Waals surface area (Å²) in [5.41, 5.74) is 6.22. The number of carbonyl (C=O) groups excluding carboxylic acids is 1.